The van der Waals surface area contributed by atoms with Crippen LogP contribution in [0.15, 0.2) is 0 Å². The summed E-state index contributed by atoms with van der Waals surface area (Å²) in [6.07, 6.45) is 8.37. The van der Waals surface area contributed by atoms with Crippen LogP contribution < -0.4 is 5.32 Å². The summed E-state index contributed by atoms with van der Waals surface area (Å²) >= 11 is 0. The van der Waals surface area contributed by atoms with Gasteiger partial charge in [0, 0.05) is 18.1 Å². The summed E-state index contributed by atoms with van der Waals surface area (Å²) < 4.78 is 0. The highest BCUT2D eigenvalue weighted by Crippen LogP contribution is 2.30. The Morgan fingerprint density at radius 1 is 1.29 bits per heavy atom. The fourth-order valence-electron chi connectivity index (χ4n) is 2.96. The van der Waals surface area contributed by atoms with Crippen LogP contribution in [0.25, 0.3) is 0 Å². The predicted octanol–water partition coefficient (Wildman–Crippen LogP) is 3.03. The van der Waals surface area contributed by atoms with Gasteiger partial charge >= 0.3 is 0 Å². The van der Waals surface area contributed by atoms with E-state index in [0.717, 1.165) is 12.0 Å². The van der Waals surface area contributed by atoms with E-state index in [1.165, 1.54) is 58.2 Å². The van der Waals surface area contributed by atoms with Crippen molar-refractivity contribution in [1.82, 2.24) is 10.2 Å². The van der Waals surface area contributed by atoms with E-state index in [1.807, 2.05) is 0 Å². The van der Waals surface area contributed by atoms with Gasteiger partial charge in [-0.05, 0) is 58.0 Å². The Balaban J connectivity index is 1.83. The van der Waals surface area contributed by atoms with Gasteiger partial charge in [-0.2, -0.15) is 0 Å². The van der Waals surface area contributed by atoms with Gasteiger partial charge in [-0.3, -0.25) is 4.90 Å². The third kappa shape index (κ3) is 4.26. The molecule has 0 bridgehead atoms. The highest BCUT2D eigenvalue weighted by molar-refractivity contribution is 4.94. The summed E-state index contributed by atoms with van der Waals surface area (Å²) in [6, 6.07) is 0.911. The summed E-state index contributed by atoms with van der Waals surface area (Å²) in [7, 11) is 0. The maximum absolute atomic E-state index is 3.75. The Kier molecular flexibility index (Phi) is 4.48. The number of nitrogens with one attached hydrogen (secondary N) is 1. The van der Waals surface area contributed by atoms with Crippen LogP contribution in [0.5, 0.6) is 0 Å². The van der Waals surface area contributed by atoms with E-state index in [1.54, 1.807) is 0 Å². The molecule has 1 aliphatic heterocycles. The largest absolute Gasteiger partial charge is 0.310 e. The van der Waals surface area contributed by atoms with Crippen molar-refractivity contribution >= 4 is 0 Å². The van der Waals surface area contributed by atoms with Crippen molar-refractivity contribution in [2.75, 3.05) is 19.6 Å². The molecular formula is C15H30N2. The molecule has 0 aromatic carbocycles. The van der Waals surface area contributed by atoms with Crippen LogP contribution in [0.2, 0.25) is 0 Å². The number of hydrogen-bond donors (Lipinski definition) is 1. The number of rotatable bonds is 6. The fourth-order valence-corrected chi connectivity index (χ4v) is 2.96. The molecule has 1 unspecified atom stereocenters. The first-order valence-corrected chi connectivity index (χ1v) is 7.58. The zero-order chi connectivity index (χ0) is 12.3. The van der Waals surface area contributed by atoms with E-state index in [-0.39, 0.29) is 0 Å². The summed E-state index contributed by atoms with van der Waals surface area (Å²) in [4.78, 5) is 2.76. The first-order valence-electron chi connectivity index (χ1n) is 7.58. The lowest BCUT2D eigenvalue weighted by atomic mass is 9.90. The van der Waals surface area contributed by atoms with Crippen LogP contribution in [0.1, 0.15) is 59.3 Å². The van der Waals surface area contributed by atoms with Crippen LogP contribution in [0, 0.1) is 5.92 Å². The molecule has 1 saturated heterocycles. The SMILES string of the molecule is CC(C)CCN(CC1(C)CCCCN1)C1CC1. The number of hydrogen-bond acceptors (Lipinski definition) is 2. The maximum Gasteiger partial charge on any atom is 0.0280 e. The lowest BCUT2D eigenvalue weighted by Crippen LogP contribution is -2.54. The Morgan fingerprint density at radius 3 is 2.59 bits per heavy atom. The Hall–Kier alpha value is -0.0800. The third-order valence-electron chi connectivity index (χ3n) is 4.32. The van der Waals surface area contributed by atoms with Gasteiger partial charge in [0.2, 0.25) is 0 Å². The molecule has 1 saturated carbocycles. The molecule has 2 heteroatoms. The molecule has 2 aliphatic rings. The van der Waals surface area contributed by atoms with Crippen molar-refractivity contribution in [2.45, 2.75) is 70.9 Å². The van der Waals surface area contributed by atoms with E-state index in [2.05, 4.69) is 31.0 Å². The van der Waals surface area contributed by atoms with Crippen LogP contribution in [0.4, 0.5) is 0 Å². The van der Waals surface area contributed by atoms with Crippen LogP contribution in [-0.4, -0.2) is 36.1 Å². The van der Waals surface area contributed by atoms with Crippen molar-refractivity contribution in [2.24, 2.45) is 5.92 Å². The monoisotopic (exact) mass is 238 g/mol. The lowest BCUT2D eigenvalue weighted by molar-refractivity contribution is 0.151. The number of nitrogens with zero attached hydrogens (tertiary/aromatic N) is 1. The standard InChI is InChI=1S/C15H30N2/c1-13(2)8-11-17(14-6-7-14)12-15(3)9-4-5-10-16-15/h13-14,16H,4-12H2,1-3H3. The molecule has 100 valence electrons. The molecule has 0 aromatic heterocycles. The van der Waals surface area contributed by atoms with Gasteiger partial charge in [0.1, 0.15) is 0 Å². The zero-order valence-electron chi connectivity index (χ0n) is 12.0. The van der Waals surface area contributed by atoms with Gasteiger partial charge in [0.25, 0.3) is 0 Å². The summed E-state index contributed by atoms with van der Waals surface area (Å²) in [5, 5.41) is 3.75. The molecule has 1 aliphatic carbocycles. The highest BCUT2D eigenvalue weighted by Gasteiger charge is 2.35. The van der Waals surface area contributed by atoms with Crippen LogP contribution in [0.3, 0.4) is 0 Å². The first kappa shape index (κ1) is 13.4. The van der Waals surface area contributed by atoms with Gasteiger partial charge in [-0.1, -0.05) is 20.3 Å². The van der Waals surface area contributed by atoms with Gasteiger partial charge in [0.15, 0.2) is 0 Å². The van der Waals surface area contributed by atoms with E-state index >= 15 is 0 Å². The average molecular weight is 238 g/mol. The second-order valence-electron chi connectivity index (χ2n) is 6.83. The fraction of sp³-hybridized carbons (Fsp3) is 1.00. The first-order chi connectivity index (χ1) is 8.09. The van der Waals surface area contributed by atoms with Crippen LogP contribution in [-0.2, 0) is 0 Å². The topological polar surface area (TPSA) is 15.3 Å². The summed E-state index contributed by atoms with van der Waals surface area (Å²) in [5.74, 6) is 0.836. The molecule has 2 nitrogen and oxygen atoms in total. The molecule has 1 atom stereocenters. The van der Waals surface area contributed by atoms with Gasteiger partial charge in [-0.15, -0.1) is 0 Å². The molecule has 17 heavy (non-hydrogen) atoms. The maximum atomic E-state index is 3.75. The minimum absolute atomic E-state index is 0.387. The van der Waals surface area contributed by atoms with E-state index in [9.17, 15) is 0 Å². The van der Waals surface area contributed by atoms with E-state index < -0.39 is 0 Å². The van der Waals surface area contributed by atoms with Gasteiger partial charge in [0.05, 0.1) is 0 Å². The molecule has 2 fully saturated rings. The summed E-state index contributed by atoms with van der Waals surface area (Å²) in [6.45, 7) is 10.9. The minimum Gasteiger partial charge on any atom is -0.310 e. The van der Waals surface area contributed by atoms with Crippen molar-refractivity contribution < 1.29 is 0 Å². The zero-order valence-corrected chi connectivity index (χ0v) is 12.0. The molecule has 2 rings (SSSR count). The molecule has 0 aromatic rings. The quantitative estimate of drug-likeness (QED) is 0.765. The Labute approximate surface area is 107 Å². The van der Waals surface area contributed by atoms with Crippen molar-refractivity contribution in [3.05, 3.63) is 0 Å². The minimum atomic E-state index is 0.387. The second-order valence-corrected chi connectivity index (χ2v) is 6.83. The molecule has 1 heterocycles. The van der Waals surface area contributed by atoms with Crippen molar-refractivity contribution in [1.29, 1.82) is 0 Å². The molecule has 1 N–H and O–H groups in total. The Morgan fingerprint density at radius 2 is 2.06 bits per heavy atom. The predicted molar refractivity (Wildman–Crippen MR) is 74.3 cm³/mol. The molecule has 0 radical (unpaired) electrons. The highest BCUT2D eigenvalue weighted by atomic mass is 15.2. The molecule has 0 amide bonds. The lowest BCUT2D eigenvalue weighted by Gasteiger charge is -2.39. The normalized spacial score (nSPS) is 30.2. The smallest absolute Gasteiger partial charge is 0.0280 e. The van der Waals surface area contributed by atoms with Crippen molar-refractivity contribution in [3.63, 3.8) is 0 Å². The van der Waals surface area contributed by atoms with Crippen LogP contribution >= 0.6 is 0 Å². The molecule has 0 spiro atoms. The van der Waals surface area contributed by atoms with E-state index in [4.69, 9.17) is 0 Å². The summed E-state index contributed by atoms with van der Waals surface area (Å²) in [5.41, 5.74) is 0.387. The average Bonchev–Trinajstić information content (AvgIpc) is 3.08. The van der Waals surface area contributed by atoms with Gasteiger partial charge in [-0.25, -0.2) is 0 Å². The van der Waals surface area contributed by atoms with E-state index in [0.29, 0.717) is 5.54 Å². The molecular weight excluding hydrogens is 208 g/mol. The number of piperidine rings is 1. The second kappa shape index (κ2) is 5.71. The van der Waals surface area contributed by atoms with Gasteiger partial charge < -0.3 is 5.32 Å². The Bertz CT molecular complexity index is 227. The van der Waals surface area contributed by atoms with Crippen molar-refractivity contribution in [3.8, 4) is 0 Å². The third-order valence-corrected chi connectivity index (χ3v) is 4.32.